The van der Waals surface area contributed by atoms with Crippen molar-refractivity contribution in [3.05, 3.63) is 0 Å². The number of methoxy groups -OCH3 is 1. The van der Waals surface area contributed by atoms with Crippen molar-refractivity contribution in [1.29, 1.82) is 0 Å². The fraction of sp³-hybridized carbons (Fsp3) is 0.900. The summed E-state index contributed by atoms with van der Waals surface area (Å²) in [5.41, 5.74) is 5.37. The first-order chi connectivity index (χ1) is 6.26. The second-order valence-corrected chi connectivity index (χ2v) is 3.27. The van der Waals surface area contributed by atoms with Gasteiger partial charge in [-0.2, -0.15) is 0 Å². The Morgan fingerprint density at radius 1 is 1.27 bits per heavy atom. The Morgan fingerprint density at radius 2 is 1.87 bits per heavy atom. The average molecular weight is 260 g/mol. The quantitative estimate of drug-likeness (QED) is 0.565. The molecule has 0 heterocycles. The molecule has 0 spiro atoms. The van der Waals surface area contributed by atoms with Gasteiger partial charge in [-0.15, -0.1) is 24.8 Å². The van der Waals surface area contributed by atoms with E-state index in [0.29, 0.717) is 0 Å². The van der Waals surface area contributed by atoms with Crippen LogP contribution in [0.15, 0.2) is 0 Å². The smallest absolute Gasteiger partial charge is 0.308 e. The zero-order valence-electron chi connectivity index (χ0n) is 9.53. The van der Waals surface area contributed by atoms with E-state index in [1.807, 2.05) is 6.92 Å². The molecule has 15 heavy (non-hydrogen) atoms. The van der Waals surface area contributed by atoms with Gasteiger partial charge in [0.15, 0.2) is 0 Å². The predicted molar refractivity (Wildman–Crippen MR) is 67.8 cm³/mol. The van der Waals surface area contributed by atoms with Crippen LogP contribution in [0.3, 0.4) is 0 Å². The van der Waals surface area contributed by atoms with Crippen molar-refractivity contribution < 1.29 is 9.53 Å². The Balaban J connectivity index is -0.000000720. The van der Waals surface area contributed by atoms with Crippen molar-refractivity contribution in [3.8, 4) is 0 Å². The first kappa shape index (κ1) is 20.4. The van der Waals surface area contributed by atoms with Crippen LogP contribution in [0.4, 0.5) is 0 Å². The molecule has 0 aliphatic carbocycles. The van der Waals surface area contributed by atoms with Crippen LogP contribution < -0.4 is 5.73 Å². The van der Waals surface area contributed by atoms with Crippen LogP contribution in [-0.4, -0.2) is 19.6 Å². The highest BCUT2D eigenvalue weighted by molar-refractivity contribution is 5.85. The van der Waals surface area contributed by atoms with Gasteiger partial charge in [-0.25, -0.2) is 0 Å². The Morgan fingerprint density at radius 3 is 2.27 bits per heavy atom. The molecule has 0 radical (unpaired) electrons. The molecule has 0 aromatic rings. The molecule has 0 aliphatic rings. The molecule has 3 nitrogen and oxygen atoms in total. The number of carbonyl (C=O) groups is 1. The molecule has 0 aromatic heterocycles. The lowest BCUT2D eigenvalue weighted by molar-refractivity contribution is -0.145. The number of hydrogen-bond acceptors (Lipinski definition) is 3. The topological polar surface area (TPSA) is 52.3 Å². The lowest BCUT2D eigenvalue weighted by atomic mass is 9.99. The SMILES string of the molecule is CCC(CCCCCN)C(=O)OC.Cl.Cl. The van der Waals surface area contributed by atoms with E-state index in [9.17, 15) is 4.79 Å². The van der Waals surface area contributed by atoms with Gasteiger partial charge in [-0.05, 0) is 25.8 Å². The van der Waals surface area contributed by atoms with Crippen LogP contribution in [-0.2, 0) is 9.53 Å². The largest absolute Gasteiger partial charge is 0.469 e. The van der Waals surface area contributed by atoms with Crippen molar-refractivity contribution in [2.75, 3.05) is 13.7 Å². The molecule has 5 heteroatoms. The van der Waals surface area contributed by atoms with E-state index in [4.69, 9.17) is 10.5 Å². The lowest BCUT2D eigenvalue weighted by Crippen LogP contribution is -2.15. The van der Waals surface area contributed by atoms with Crippen LogP contribution in [0.5, 0.6) is 0 Å². The lowest BCUT2D eigenvalue weighted by Gasteiger charge is -2.11. The summed E-state index contributed by atoms with van der Waals surface area (Å²) in [5, 5.41) is 0. The molecule has 0 saturated carbocycles. The van der Waals surface area contributed by atoms with Crippen molar-refractivity contribution in [2.45, 2.75) is 39.0 Å². The maximum absolute atomic E-state index is 11.2. The van der Waals surface area contributed by atoms with Gasteiger partial charge < -0.3 is 10.5 Å². The van der Waals surface area contributed by atoms with Gasteiger partial charge in [0.25, 0.3) is 0 Å². The summed E-state index contributed by atoms with van der Waals surface area (Å²) in [6.07, 6.45) is 5.05. The molecule has 1 unspecified atom stereocenters. The minimum atomic E-state index is -0.0738. The van der Waals surface area contributed by atoms with Crippen LogP contribution in [0.25, 0.3) is 0 Å². The van der Waals surface area contributed by atoms with Gasteiger partial charge in [0, 0.05) is 0 Å². The van der Waals surface area contributed by atoms with Gasteiger partial charge in [0.05, 0.1) is 13.0 Å². The number of halogens is 2. The molecule has 94 valence electrons. The van der Waals surface area contributed by atoms with Crippen LogP contribution >= 0.6 is 24.8 Å². The molecular weight excluding hydrogens is 237 g/mol. The van der Waals surface area contributed by atoms with Crippen LogP contribution in [0.1, 0.15) is 39.0 Å². The number of hydrogen-bond donors (Lipinski definition) is 1. The average Bonchev–Trinajstić information content (AvgIpc) is 2.17. The first-order valence-corrected chi connectivity index (χ1v) is 5.04. The first-order valence-electron chi connectivity index (χ1n) is 5.04. The summed E-state index contributed by atoms with van der Waals surface area (Å²) in [6, 6.07) is 0. The van der Waals surface area contributed by atoms with Gasteiger partial charge >= 0.3 is 5.97 Å². The normalized spacial score (nSPS) is 10.9. The monoisotopic (exact) mass is 259 g/mol. The van der Waals surface area contributed by atoms with E-state index >= 15 is 0 Å². The Kier molecular flexibility index (Phi) is 19.1. The van der Waals surface area contributed by atoms with Gasteiger partial charge in [-0.3, -0.25) is 4.79 Å². The minimum Gasteiger partial charge on any atom is -0.469 e. The van der Waals surface area contributed by atoms with Crippen LogP contribution in [0.2, 0.25) is 0 Å². The second kappa shape index (κ2) is 14.0. The number of unbranched alkanes of at least 4 members (excludes halogenated alkanes) is 2. The van der Waals surface area contributed by atoms with E-state index < -0.39 is 0 Å². The molecule has 1 atom stereocenters. The standard InChI is InChI=1S/C10H21NO2.2ClH/c1-3-9(10(12)13-2)7-5-4-6-8-11;;/h9H,3-8,11H2,1-2H3;2*1H. The van der Waals surface area contributed by atoms with E-state index in [0.717, 1.165) is 38.6 Å². The van der Waals surface area contributed by atoms with Gasteiger partial charge in [-0.1, -0.05) is 19.8 Å². The van der Waals surface area contributed by atoms with E-state index in [2.05, 4.69) is 0 Å². The third-order valence-electron chi connectivity index (χ3n) is 2.28. The molecule has 0 aromatic carbocycles. The Labute approximate surface area is 105 Å². The van der Waals surface area contributed by atoms with Crippen LogP contribution in [0, 0.1) is 5.92 Å². The summed E-state index contributed by atoms with van der Waals surface area (Å²) in [5.74, 6) is 0.0121. The molecule has 2 N–H and O–H groups in total. The second-order valence-electron chi connectivity index (χ2n) is 3.27. The molecule has 0 amide bonds. The molecule has 0 saturated heterocycles. The van der Waals surface area contributed by atoms with Gasteiger partial charge in [0.1, 0.15) is 0 Å². The third-order valence-corrected chi connectivity index (χ3v) is 2.28. The van der Waals surface area contributed by atoms with Crippen molar-refractivity contribution in [3.63, 3.8) is 0 Å². The van der Waals surface area contributed by atoms with Crippen molar-refractivity contribution in [2.24, 2.45) is 11.7 Å². The zero-order valence-corrected chi connectivity index (χ0v) is 11.2. The summed E-state index contributed by atoms with van der Waals surface area (Å²) in [4.78, 5) is 11.2. The maximum atomic E-state index is 11.2. The fourth-order valence-corrected chi connectivity index (χ4v) is 1.37. The molecular formula is C10H23Cl2NO2. The third kappa shape index (κ3) is 10.3. The van der Waals surface area contributed by atoms with Gasteiger partial charge in [0.2, 0.25) is 0 Å². The number of nitrogens with two attached hydrogens (primary N) is 1. The summed E-state index contributed by atoms with van der Waals surface area (Å²) < 4.78 is 4.70. The molecule has 0 fully saturated rings. The number of ether oxygens (including phenoxy) is 1. The predicted octanol–water partition coefficient (Wildman–Crippen LogP) is 2.55. The maximum Gasteiger partial charge on any atom is 0.308 e. The van der Waals surface area contributed by atoms with E-state index in [1.54, 1.807) is 0 Å². The molecule has 0 rings (SSSR count). The summed E-state index contributed by atoms with van der Waals surface area (Å²) >= 11 is 0. The zero-order chi connectivity index (χ0) is 10.1. The number of rotatable bonds is 7. The minimum absolute atomic E-state index is 0. The molecule has 0 bridgehead atoms. The fourth-order valence-electron chi connectivity index (χ4n) is 1.37. The highest BCUT2D eigenvalue weighted by Gasteiger charge is 2.15. The van der Waals surface area contributed by atoms with Crippen molar-refractivity contribution >= 4 is 30.8 Å². The van der Waals surface area contributed by atoms with E-state index in [-0.39, 0.29) is 36.7 Å². The number of carbonyl (C=O) groups excluding carboxylic acids is 1. The Hall–Kier alpha value is 0.01000. The highest BCUT2D eigenvalue weighted by atomic mass is 35.5. The van der Waals surface area contributed by atoms with Crippen molar-refractivity contribution in [1.82, 2.24) is 0 Å². The Bertz CT molecular complexity index is 145. The van der Waals surface area contributed by atoms with E-state index in [1.165, 1.54) is 7.11 Å². The molecule has 0 aliphatic heterocycles. The number of esters is 1. The highest BCUT2D eigenvalue weighted by Crippen LogP contribution is 2.14. The summed E-state index contributed by atoms with van der Waals surface area (Å²) in [7, 11) is 1.45. The summed E-state index contributed by atoms with van der Waals surface area (Å²) in [6.45, 7) is 2.76.